The van der Waals surface area contributed by atoms with Gasteiger partial charge in [-0.05, 0) is 46.9 Å². The van der Waals surface area contributed by atoms with Crippen molar-refractivity contribution in [3.05, 3.63) is 53.1 Å². The highest BCUT2D eigenvalue weighted by molar-refractivity contribution is 7.33. The molecule has 10 rings (SSSR count). The molecule has 6 aromatic heterocycles. The topological polar surface area (TPSA) is 30.2 Å². The van der Waals surface area contributed by atoms with Crippen molar-refractivity contribution in [2.45, 2.75) is 89.9 Å². The molecule has 2 aliphatic rings. The second-order valence-corrected chi connectivity index (χ2v) is 17.8. The maximum absolute atomic E-state index is 5.27. The standard InChI is InChI=1S/C36H33N3S2/c1-33(2)14-35(5,6)31-26(33)20-16(12-37-31)39-17-13-38-32-27(34(3,4)15-36(32,7)8)21(17)24-28(39)23(20)29-25-22-18(40-29)10-9-11-19(22)41-30(24)25/h9-13H,14-15H2,1-8H3. The van der Waals surface area contributed by atoms with Crippen LogP contribution in [0.1, 0.15) is 90.7 Å². The van der Waals surface area contributed by atoms with Crippen LogP contribution in [0.3, 0.4) is 0 Å². The number of pyridine rings is 2. The highest BCUT2D eigenvalue weighted by Gasteiger charge is 2.47. The number of aromatic nitrogens is 3. The average Bonchev–Trinajstić information content (AvgIpc) is 3.66. The van der Waals surface area contributed by atoms with Crippen molar-refractivity contribution in [1.29, 1.82) is 0 Å². The number of rotatable bonds is 0. The van der Waals surface area contributed by atoms with Crippen LogP contribution in [0.4, 0.5) is 0 Å². The third-order valence-corrected chi connectivity index (χ3v) is 13.1. The molecule has 0 amide bonds. The number of benzene rings is 2. The van der Waals surface area contributed by atoms with Crippen molar-refractivity contribution in [1.82, 2.24) is 14.4 Å². The van der Waals surface area contributed by atoms with Gasteiger partial charge in [-0.2, -0.15) is 0 Å². The number of hydrogen-bond acceptors (Lipinski definition) is 4. The lowest BCUT2D eigenvalue weighted by Gasteiger charge is -2.22. The van der Waals surface area contributed by atoms with Gasteiger partial charge in [0, 0.05) is 61.9 Å². The second kappa shape index (κ2) is 6.48. The van der Waals surface area contributed by atoms with Crippen molar-refractivity contribution in [3.63, 3.8) is 0 Å². The molecule has 2 aliphatic carbocycles. The lowest BCUT2D eigenvalue weighted by atomic mass is 9.81. The molecule has 3 nitrogen and oxygen atoms in total. The number of fused-ring (bicyclic) bond motifs is 12. The van der Waals surface area contributed by atoms with Gasteiger partial charge in [-0.25, -0.2) is 0 Å². The molecule has 0 saturated carbocycles. The van der Waals surface area contributed by atoms with E-state index in [9.17, 15) is 0 Å². The largest absolute Gasteiger partial charge is 0.305 e. The van der Waals surface area contributed by atoms with Gasteiger partial charge in [0.25, 0.3) is 0 Å². The van der Waals surface area contributed by atoms with Crippen LogP contribution in [0.2, 0.25) is 0 Å². The highest BCUT2D eigenvalue weighted by atomic mass is 32.1. The van der Waals surface area contributed by atoms with E-state index < -0.39 is 0 Å². The summed E-state index contributed by atoms with van der Waals surface area (Å²) in [4.78, 5) is 10.5. The van der Waals surface area contributed by atoms with Gasteiger partial charge in [-0.3, -0.25) is 9.97 Å². The smallest absolute Gasteiger partial charge is 0.0729 e. The molecule has 0 radical (unpaired) electrons. The third kappa shape index (κ3) is 2.41. The second-order valence-electron chi connectivity index (χ2n) is 15.7. The summed E-state index contributed by atoms with van der Waals surface area (Å²) in [7, 11) is 0. The molecule has 6 heterocycles. The maximum atomic E-state index is 5.27. The number of thiophene rings is 2. The monoisotopic (exact) mass is 571 g/mol. The van der Waals surface area contributed by atoms with Gasteiger partial charge in [0.2, 0.25) is 0 Å². The Morgan fingerprint density at radius 3 is 1.51 bits per heavy atom. The Kier molecular flexibility index (Phi) is 3.72. The molecular formula is C36H33N3S2. The van der Waals surface area contributed by atoms with Gasteiger partial charge in [0.15, 0.2) is 0 Å². The maximum Gasteiger partial charge on any atom is 0.0729 e. The summed E-state index contributed by atoms with van der Waals surface area (Å²) in [5, 5.41) is 8.73. The molecule has 0 unspecified atom stereocenters. The summed E-state index contributed by atoms with van der Waals surface area (Å²) >= 11 is 3.99. The van der Waals surface area contributed by atoms with Crippen molar-refractivity contribution in [3.8, 4) is 0 Å². The molecule has 0 N–H and O–H groups in total. The predicted octanol–water partition coefficient (Wildman–Crippen LogP) is 10.6. The van der Waals surface area contributed by atoms with E-state index in [1.165, 1.54) is 90.2 Å². The molecule has 0 fully saturated rings. The minimum Gasteiger partial charge on any atom is -0.305 e. The average molecular weight is 572 g/mol. The molecule has 41 heavy (non-hydrogen) atoms. The van der Waals surface area contributed by atoms with E-state index in [0.717, 1.165) is 12.8 Å². The lowest BCUT2D eigenvalue weighted by molar-refractivity contribution is 0.400. The molecule has 0 spiro atoms. The van der Waals surface area contributed by atoms with Gasteiger partial charge in [0.1, 0.15) is 0 Å². The zero-order chi connectivity index (χ0) is 28.2. The molecule has 0 saturated heterocycles. The zero-order valence-corrected chi connectivity index (χ0v) is 26.6. The Labute approximate surface area is 246 Å². The van der Waals surface area contributed by atoms with Crippen LogP contribution in [-0.2, 0) is 21.7 Å². The van der Waals surface area contributed by atoms with Crippen LogP contribution in [-0.4, -0.2) is 14.4 Å². The number of hydrogen-bond donors (Lipinski definition) is 0. The first-order valence-electron chi connectivity index (χ1n) is 14.9. The molecule has 0 bridgehead atoms. The summed E-state index contributed by atoms with van der Waals surface area (Å²) < 4.78 is 8.31. The van der Waals surface area contributed by atoms with Crippen LogP contribution in [0, 0.1) is 0 Å². The highest BCUT2D eigenvalue weighted by Crippen LogP contribution is 2.60. The first-order chi connectivity index (χ1) is 19.3. The summed E-state index contributed by atoms with van der Waals surface area (Å²) in [5.74, 6) is 0. The quantitative estimate of drug-likeness (QED) is 0.181. The Morgan fingerprint density at radius 2 is 1.05 bits per heavy atom. The van der Waals surface area contributed by atoms with E-state index in [0.29, 0.717) is 0 Å². The Bertz CT molecular complexity index is 2310. The van der Waals surface area contributed by atoms with Crippen molar-refractivity contribution < 1.29 is 0 Å². The van der Waals surface area contributed by atoms with Crippen LogP contribution in [0.5, 0.6) is 0 Å². The van der Waals surface area contributed by atoms with Gasteiger partial charge < -0.3 is 4.40 Å². The predicted molar refractivity (Wildman–Crippen MR) is 177 cm³/mol. The first kappa shape index (κ1) is 23.5. The van der Waals surface area contributed by atoms with E-state index in [2.05, 4.69) is 90.4 Å². The summed E-state index contributed by atoms with van der Waals surface area (Å²) in [5.41, 5.74) is 9.62. The van der Waals surface area contributed by atoms with Gasteiger partial charge in [-0.1, -0.05) is 61.5 Å². The number of nitrogens with zero attached hydrogens (tertiary/aromatic N) is 3. The third-order valence-electron chi connectivity index (χ3n) is 10.8. The first-order valence-corrected chi connectivity index (χ1v) is 16.6. The molecule has 0 aliphatic heterocycles. The Morgan fingerprint density at radius 1 is 0.585 bits per heavy atom. The Hall–Kier alpha value is -3.02. The van der Waals surface area contributed by atoms with E-state index in [1.54, 1.807) is 0 Å². The van der Waals surface area contributed by atoms with Crippen molar-refractivity contribution in [2.75, 3.05) is 0 Å². The SMILES string of the molecule is CC1(C)CC(C)(C)c2c1ncc1c2c2c3sc4cccc5sc(c3c45)c3c4c5c(ncc4n1c23)C(C)(C)CC5(C)C. The summed E-state index contributed by atoms with van der Waals surface area (Å²) in [6, 6.07) is 6.91. The van der Waals surface area contributed by atoms with E-state index in [1.807, 2.05) is 22.7 Å². The van der Waals surface area contributed by atoms with Crippen molar-refractivity contribution >= 4 is 90.3 Å². The van der Waals surface area contributed by atoms with E-state index >= 15 is 0 Å². The fraction of sp³-hybridized carbons (Fsp3) is 0.389. The summed E-state index contributed by atoms with van der Waals surface area (Å²) in [6.45, 7) is 19.3. The molecule has 204 valence electrons. The van der Waals surface area contributed by atoms with E-state index in [-0.39, 0.29) is 21.7 Å². The normalized spacial score (nSPS) is 20.8. The molecule has 2 aromatic carbocycles. The fourth-order valence-corrected chi connectivity index (χ4v) is 12.8. The molecule has 5 heteroatoms. The van der Waals surface area contributed by atoms with Crippen LogP contribution >= 0.6 is 22.7 Å². The molecular weight excluding hydrogens is 539 g/mol. The van der Waals surface area contributed by atoms with Gasteiger partial charge in [0.05, 0.1) is 40.3 Å². The van der Waals surface area contributed by atoms with Crippen LogP contribution in [0.25, 0.3) is 67.7 Å². The Balaban J connectivity index is 1.59. The zero-order valence-electron chi connectivity index (χ0n) is 25.0. The summed E-state index contributed by atoms with van der Waals surface area (Å²) in [6.07, 6.45) is 6.62. The van der Waals surface area contributed by atoms with Gasteiger partial charge in [-0.15, -0.1) is 22.7 Å². The molecule has 0 atom stereocenters. The fourth-order valence-electron chi connectivity index (χ4n) is 10.1. The van der Waals surface area contributed by atoms with Crippen molar-refractivity contribution in [2.24, 2.45) is 0 Å². The van der Waals surface area contributed by atoms with Gasteiger partial charge >= 0.3 is 0 Å². The lowest BCUT2D eigenvalue weighted by Crippen LogP contribution is -2.18. The van der Waals surface area contributed by atoms with Crippen LogP contribution in [0.15, 0.2) is 30.6 Å². The minimum atomic E-state index is 0.0522. The molecule has 8 aromatic rings. The minimum absolute atomic E-state index is 0.0522. The van der Waals surface area contributed by atoms with Crippen LogP contribution < -0.4 is 0 Å². The van der Waals surface area contributed by atoms with E-state index in [4.69, 9.17) is 9.97 Å².